The van der Waals surface area contributed by atoms with E-state index in [0.29, 0.717) is 43.3 Å². The van der Waals surface area contributed by atoms with Gasteiger partial charge in [-0.2, -0.15) is 23.1 Å². The van der Waals surface area contributed by atoms with E-state index in [-0.39, 0.29) is 54.2 Å². The van der Waals surface area contributed by atoms with Crippen LogP contribution in [0.3, 0.4) is 0 Å². The van der Waals surface area contributed by atoms with Crippen LogP contribution in [0.15, 0.2) is 30.9 Å². The molecule has 0 spiro atoms. The van der Waals surface area contributed by atoms with E-state index in [1.807, 2.05) is 11.9 Å². The van der Waals surface area contributed by atoms with Crippen molar-refractivity contribution in [2.45, 2.75) is 50.2 Å². The third kappa shape index (κ3) is 6.19. The van der Waals surface area contributed by atoms with Crippen LogP contribution in [0.25, 0.3) is 4.85 Å². The van der Waals surface area contributed by atoms with Gasteiger partial charge in [-0.05, 0) is 44.1 Å². The van der Waals surface area contributed by atoms with Crippen molar-refractivity contribution in [2.75, 3.05) is 51.3 Å². The lowest BCUT2D eigenvalue weighted by molar-refractivity contribution is -0.139. The first-order valence-electron chi connectivity index (χ1n) is 13.8. The molecule has 5 rings (SSSR count). The Morgan fingerprint density at radius 3 is 2.79 bits per heavy atom. The minimum absolute atomic E-state index is 0.0237. The number of hydrogen-bond acceptors (Lipinski definition) is 7. The molecule has 3 aliphatic rings. The molecule has 2 aromatic rings. The highest BCUT2D eigenvalue weighted by Gasteiger charge is 2.40. The molecule has 1 aromatic carbocycles. The summed E-state index contributed by atoms with van der Waals surface area (Å²) in [5.74, 6) is 0.293. The summed E-state index contributed by atoms with van der Waals surface area (Å²) in [5, 5.41) is -0.389. The van der Waals surface area contributed by atoms with E-state index < -0.39 is 17.8 Å². The highest BCUT2D eigenvalue weighted by atomic mass is 35.5. The fourth-order valence-electron chi connectivity index (χ4n) is 5.94. The zero-order valence-corrected chi connectivity index (χ0v) is 24.0. The summed E-state index contributed by atoms with van der Waals surface area (Å²) in [7, 11) is 2.03. The van der Waals surface area contributed by atoms with Gasteiger partial charge in [0.05, 0.1) is 29.0 Å². The molecule has 0 radical (unpaired) electrons. The van der Waals surface area contributed by atoms with Gasteiger partial charge < -0.3 is 29.0 Å². The van der Waals surface area contributed by atoms with Crippen molar-refractivity contribution < 1.29 is 27.4 Å². The molecule has 224 valence electrons. The van der Waals surface area contributed by atoms with Gasteiger partial charge in [-0.25, -0.2) is 6.57 Å². The Balaban J connectivity index is 1.49. The number of likely N-dealkylation sites (N-methyl/N-ethyl adjacent to an activating group) is 1. The normalized spacial score (nSPS) is 22.9. The van der Waals surface area contributed by atoms with Gasteiger partial charge in [0.1, 0.15) is 18.5 Å². The third-order valence-electron chi connectivity index (χ3n) is 8.15. The van der Waals surface area contributed by atoms with Crippen molar-refractivity contribution in [3.8, 4) is 6.01 Å². The van der Waals surface area contributed by atoms with E-state index in [1.165, 1.54) is 24.3 Å². The van der Waals surface area contributed by atoms with Crippen LogP contribution in [-0.4, -0.2) is 84.1 Å². The van der Waals surface area contributed by atoms with Gasteiger partial charge in [0.15, 0.2) is 0 Å². The van der Waals surface area contributed by atoms with E-state index >= 15 is 0 Å². The first kappa shape index (κ1) is 30.1. The monoisotopic (exact) mass is 604 g/mol. The Morgan fingerprint density at radius 2 is 2.10 bits per heavy atom. The Hall–Kier alpha value is -3.40. The Labute approximate surface area is 247 Å². The lowest BCUT2D eigenvalue weighted by Crippen LogP contribution is -2.56. The molecule has 2 fully saturated rings. The van der Waals surface area contributed by atoms with E-state index in [0.717, 1.165) is 19.4 Å². The smallest absolute Gasteiger partial charge is 0.418 e. The molecule has 0 bridgehead atoms. The van der Waals surface area contributed by atoms with Gasteiger partial charge in [-0.15, -0.1) is 0 Å². The number of piperazine rings is 1. The second kappa shape index (κ2) is 12.5. The van der Waals surface area contributed by atoms with Crippen LogP contribution in [-0.2, 0) is 28.7 Å². The number of likely N-dealkylation sites (tertiary alicyclic amines) is 1. The van der Waals surface area contributed by atoms with Crippen LogP contribution >= 0.6 is 11.6 Å². The number of alkyl halides is 3. The van der Waals surface area contributed by atoms with Crippen LogP contribution in [0, 0.1) is 6.57 Å². The van der Waals surface area contributed by atoms with Crippen LogP contribution < -0.4 is 9.64 Å². The lowest BCUT2D eigenvalue weighted by atomic mass is 9.95. The number of amides is 1. The van der Waals surface area contributed by atoms with E-state index in [1.54, 1.807) is 4.90 Å². The number of anilines is 1. The second-order valence-corrected chi connectivity index (χ2v) is 11.1. The molecular weight excluding hydrogens is 573 g/mol. The highest BCUT2D eigenvalue weighted by molar-refractivity contribution is 6.31. The van der Waals surface area contributed by atoms with Crippen molar-refractivity contribution in [3.63, 3.8) is 0 Å². The number of ether oxygens (including phenoxy) is 2. The average Bonchev–Trinajstić information content (AvgIpc) is 3.38. The quantitative estimate of drug-likeness (QED) is 0.339. The van der Waals surface area contributed by atoms with Crippen LogP contribution in [0.1, 0.15) is 41.3 Å². The summed E-state index contributed by atoms with van der Waals surface area (Å²) in [5.41, 5.74) is 0.215. The fraction of sp³-hybridized carbons (Fsp3) is 0.517. The number of nitrogens with zero attached hydrogens (tertiary/aromatic N) is 6. The SMILES string of the molecule is [C-]#[N+]C[C@H]1CN(c2nc(OC[C@@H]3CCCN3C)nc3c2COC(c2cccc(Cl)c2C(F)(F)F)C3)CCN1C(=O)C=C. The molecule has 1 unspecified atom stereocenters. The number of halogens is 4. The minimum Gasteiger partial charge on any atom is -0.462 e. The van der Waals surface area contributed by atoms with Gasteiger partial charge in [0, 0.05) is 37.7 Å². The van der Waals surface area contributed by atoms with Gasteiger partial charge in [-0.3, -0.25) is 4.79 Å². The number of fused-ring (bicyclic) bond motifs is 1. The molecule has 4 heterocycles. The fourth-order valence-corrected chi connectivity index (χ4v) is 6.23. The summed E-state index contributed by atoms with van der Waals surface area (Å²) in [4.78, 5) is 31.2. The maximum absolute atomic E-state index is 14.0. The van der Waals surface area contributed by atoms with Crippen LogP contribution in [0.2, 0.25) is 5.02 Å². The van der Waals surface area contributed by atoms with E-state index in [9.17, 15) is 18.0 Å². The molecule has 42 heavy (non-hydrogen) atoms. The molecule has 9 nitrogen and oxygen atoms in total. The van der Waals surface area contributed by atoms with Gasteiger partial charge in [-0.1, -0.05) is 30.3 Å². The van der Waals surface area contributed by atoms with Crippen molar-refractivity contribution in [1.29, 1.82) is 0 Å². The largest absolute Gasteiger partial charge is 0.462 e. The second-order valence-electron chi connectivity index (χ2n) is 10.7. The van der Waals surface area contributed by atoms with E-state index in [2.05, 4.69) is 21.3 Å². The third-order valence-corrected chi connectivity index (χ3v) is 8.47. The molecular formula is C29H32ClF3N6O3. The maximum Gasteiger partial charge on any atom is 0.418 e. The topological polar surface area (TPSA) is 75.4 Å². The van der Waals surface area contributed by atoms with Crippen molar-refractivity contribution in [1.82, 2.24) is 19.8 Å². The zero-order chi connectivity index (χ0) is 30.0. The molecule has 3 atom stereocenters. The molecule has 0 saturated carbocycles. The summed E-state index contributed by atoms with van der Waals surface area (Å²) < 4.78 is 54.0. The summed E-state index contributed by atoms with van der Waals surface area (Å²) in [6.07, 6.45) is -2.23. The number of hydrogen-bond donors (Lipinski definition) is 0. The van der Waals surface area contributed by atoms with Crippen molar-refractivity contribution >= 4 is 23.3 Å². The molecule has 2 saturated heterocycles. The van der Waals surface area contributed by atoms with Crippen molar-refractivity contribution in [2.24, 2.45) is 0 Å². The summed E-state index contributed by atoms with van der Waals surface area (Å²) >= 11 is 6.00. The van der Waals surface area contributed by atoms with Crippen LogP contribution in [0.4, 0.5) is 19.0 Å². The first-order chi connectivity index (χ1) is 20.1. The number of carbonyl (C=O) groups is 1. The number of benzene rings is 1. The minimum atomic E-state index is -4.66. The van der Waals surface area contributed by atoms with Gasteiger partial charge in [0.2, 0.25) is 12.5 Å². The predicted molar refractivity (Wildman–Crippen MR) is 150 cm³/mol. The number of carbonyl (C=O) groups excluding carboxylic acids is 1. The molecule has 0 aliphatic carbocycles. The summed E-state index contributed by atoms with van der Waals surface area (Å²) in [6, 6.07) is 4.03. The highest BCUT2D eigenvalue weighted by Crippen LogP contribution is 2.43. The van der Waals surface area contributed by atoms with Crippen molar-refractivity contribution in [3.05, 3.63) is 69.7 Å². The molecule has 0 N–H and O–H groups in total. The molecule has 1 aromatic heterocycles. The molecule has 3 aliphatic heterocycles. The number of aromatic nitrogens is 2. The zero-order valence-electron chi connectivity index (χ0n) is 23.2. The first-order valence-corrected chi connectivity index (χ1v) is 14.2. The Kier molecular flexibility index (Phi) is 8.92. The number of rotatable bonds is 7. The predicted octanol–water partition coefficient (Wildman–Crippen LogP) is 4.56. The maximum atomic E-state index is 14.0. The average molecular weight is 605 g/mol. The lowest BCUT2D eigenvalue weighted by Gasteiger charge is -2.40. The Morgan fingerprint density at radius 1 is 1.29 bits per heavy atom. The van der Waals surface area contributed by atoms with Gasteiger partial charge >= 0.3 is 12.2 Å². The standard InChI is InChI=1S/C29H32ClF3N6O3/c1-4-25(40)39-12-11-38(15-19(39)14-34-2)27-21-17-41-24(20-8-5-9-22(30)26(20)29(31,32)33)13-23(21)35-28(36-27)42-16-18-7-6-10-37(18)3/h4-5,8-9,18-19,24H,1,6-7,10-17H2,3H3/t18-,19-,24?/m0/s1. The van der Waals surface area contributed by atoms with Gasteiger partial charge in [0.25, 0.3) is 0 Å². The Bertz CT molecular complexity index is 1380. The summed E-state index contributed by atoms with van der Waals surface area (Å²) in [6.45, 7) is 13.5. The van der Waals surface area contributed by atoms with Crippen LogP contribution in [0.5, 0.6) is 6.01 Å². The molecule has 13 heteroatoms. The van der Waals surface area contributed by atoms with E-state index in [4.69, 9.17) is 32.6 Å². The molecule has 1 amide bonds.